The summed E-state index contributed by atoms with van der Waals surface area (Å²) >= 11 is 0. The highest BCUT2D eigenvalue weighted by atomic mass is 16.5. The average Bonchev–Trinajstić information content (AvgIpc) is 2.77. The maximum Gasteiger partial charge on any atom is 0.161 e. The largest absolute Gasteiger partial charge is 0.496 e. The third-order valence-electron chi connectivity index (χ3n) is 6.48. The van der Waals surface area contributed by atoms with Crippen molar-refractivity contribution in [1.82, 2.24) is 10.2 Å². The first kappa shape index (κ1) is 23.4. The van der Waals surface area contributed by atoms with Gasteiger partial charge in [0.25, 0.3) is 0 Å². The highest BCUT2D eigenvalue weighted by Crippen LogP contribution is 2.41. The molecule has 5 heteroatoms. The lowest BCUT2D eigenvalue weighted by Gasteiger charge is -2.31. The third kappa shape index (κ3) is 5.16. The number of likely N-dealkylation sites (N-methyl/N-ethyl adjacent to an activating group) is 1. The van der Waals surface area contributed by atoms with Crippen molar-refractivity contribution in [3.8, 4) is 17.2 Å². The molecule has 170 valence electrons. The molecule has 0 radical (unpaired) electrons. The fraction of sp³-hybridized carbons (Fsp3) is 0.538. The van der Waals surface area contributed by atoms with Gasteiger partial charge in [0.15, 0.2) is 11.5 Å². The van der Waals surface area contributed by atoms with Gasteiger partial charge in [0.05, 0.1) is 20.3 Å². The monoisotopic (exact) mass is 426 g/mol. The van der Waals surface area contributed by atoms with Crippen molar-refractivity contribution >= 4 is 0 Å². The Bertz CT molecular complexity index is 892. The molecule has 2 aromatic carbocycles. The lowest BCUT2D eigenvalue weighted by Crippen LogP contribution is -2.31. The fourth-order valence-electron chi connectivity index (χ4n) is 4.04. The second-order valence-corrected chi connectivity index (χ2v) is 9.18. The zero-order valence-electron chi connectivity index (χ0n) is 20.2. The number of rotatable bonds is 9. The number of hydrogen-bond donors (Lipinski definition) is 1. The number of fused-ring (bicyclic) bond motifs is 1. The summed E-state index contributed by atoms with van der Waals surface area (Å²) in [6.07, 6.45) is 2.04. The summed E-state index contributed by atoms with van der Waals surface area (Å²) in [5, 5.41) is 3.72. The maximum atomic E-state index is 6.12. The Kier molecular flexibility index (Phi) is 7.50. The Balaban J connectivity index is 2.05. The Hall–Kier alpha value is -2.24. The molecule has 0 fully saturated rings. The van der Waals surface area contributed by atoms with Crippen LogP contribution in [0.4, 0.5) is 0 Å². The SMILES string of the molecule is CCC(C)(C)c1ccc(OC)c(C2NCCc3cc(OC)c(OCCN(C)C)cc32)c1. The van der Waals surface area contributed by atoms with E-state index in [1.165, 1.54) is 22.3 Å². The molecule has 1 heterocycles. The van der Waals surface area contributed by atoms with Crippen molar-refractivity contribution in [2.45, 2.75) is 45.1 Å². The van der Waals surface area contributed by atoms with E-state index >= 15 is 0 Å². The molecular weight excluding hydrogens is 388 g/mol. The van der Waals surface area contributed by atoms with E-state index in [0.29, 0.717) is 6.61 Å². The van der Waals surface area contributed by atoms with Crippen LogP contribution < -0.4 is 19.5 Å². The fourth-order valence-corrected chi connectivity index (χ4v) is 4.04. The van der Waals surface area contributed by atoms with Gasteiger partial charge in [-0.15, -0.1) is 0 Å². The molecule has 0 saturated carbocycles. The van der Waals surface area contributed by atoms with Crippen molar-refractivity contribution in [2.75, 3.05) is 48.0 Å². The Labute approximate surface area is 187 Å². The molecule has 1 N–H and O–H groups in total. The van der Waals surface area contributed by atoms with Gasteiger partial charge in [0.2, 0.25) is 0 Å². The van der Waals surface area contributed by atoms with E-state index in [-0.39, 0.29) is 11.5 Å². The molecule has 0 spiro atoms. The lowest BCUT2D eigenvalue weighted by molar-refractivity contribution is 0.250. The summed E-state index contributed by atoms with van der Waals surface area (Å²) in [5.41, 5.74) is 5.14. The second kappa shape index (κ2) is 9.92. The summed E-state index contributed by atoms with van der Waals surface area (Å²) in [7, 11) is 7.55. The van der Waals surface area contributed by atoms with Crippen LogP contribution in [-0.2, 0) is 11.8 Å². The normalized spacial score (nSPS) is 16.2. The molecule has 2 aromatic rings. The van der Waals surface area contributed by atoms with Crippen molar-refractivity contribution in [1.29, 1.82) is 0 Å². The van der Waals surface area contributed by atoms with E-state index in [1.807, 2.05) is 14.1 Å². The van der Waals surface area contributed by atoms with Crippen LogP contribution in [0.2, 0.25) is 0 Å². The van der Waals surface area contributed by atoms with Crippen molar-refractivity contribution in [2.24, 2.45) is 0 Å². The summed E-state index contributed by atoms with van der Waals surface area (Å²) in [6.45, 7) is 9.20. The minimum Gasteiger partial charge on any atom is -0.496 e. The Morgan fingerprint density at radius 2 is 1.74 bits per heavy atom. The number of nitrogens with one attached hydrogen (secondary N) is 1. The molecule has 0 saturated heterocycles. The predicted molar refractivity (Wildman–Crippen MR) is 127 cm³/mol. The standard InChI is InChI=1S/C26H38N2O3/c1-8-26(2,3)19-9-10-22(29-6)21(16-19)25-20-17-24(31-14-13-28(4)5)23(30-7)15-18(20)11-12-27-25/h9-10,15-17,25,27H,8,11-14H2,1-7H3. The van der Waals surface area contributed by atoms with E-state index in [1.54, 1.807) is 14.2 Å². The smallest absolute Gasteiger partial charge is 0.161 e. The van der Waals surface area contributed by atoms with Crippen molar-refractivity contribution in [3.63, 3.8) is 0 Å². The quantitative estimate of drug-likeness (QED) is 0.636. The molecule has 31 heavy (non-hydrogen) atoms. The average molecular weight is 427 g/mol. The van der Waals surface area contributed by atoms with E-state index in [4.69, 9.17) is 14.2 Å². The Morgan fingerprint density at radius 1 is 1.00 bits per heavy atom. The number of nitrogens with zero attached hydrogens (tertiary/aromatic N) is 1. The molecule has 1 atom stereocenters. The van der Waals surface area contributed by atoms with E-state index in [2.05, 4.69) is 61.3 Å². The van der Waals surface area contributed by atoms with Gasteiger partial charge in [0.1, 0.15) is 12.4 Å². The molecule has 5 nitrogen and oxygen atoms in total. The summed E-state index contributed by atoms with van der Waals surface area (Å²) in [6, 6.07) is 11.0. The maximum absolute atomic E-state index is 6.12. The van der Waals surface area contributed by atoms with E-state index in [9.17, 15) is 0 Å². The third-order valence-corrected chi connectivity index (χ3v) is 6.48. The highest BCUT2D eigenvalue weighted by molar-refractivity contribution is 5.54. The van der Waals surface area contributed by atoms with Crippen LogP contribution in [0, 0.1) is 0 Å². The van der Waals surface area contributed by atoms with Crippen LogP contribution >= 0.6 is 0 Å². The van der Waals surface area contributed by atoms with Gasteiger partial charge in [0, 0.05) is 18.7 Å². The predicted octanol–water partition coefficient (Wildman–Crippen LogP) is 4.57. The zero-order valence-corrected chi connectivity index (χ0v) is 20.2. The number of ether oxygens (including phenoxy) is 3. The molecule has 0 aromatic heterocycles. The van der Waals surface area contributed by atoms with Gasteiger partial charge >= 0.3 is 0 Å². The van der Waals surface area contributed by atoms with Crippen LogP contribution in [0.25, 0.3) is 0 Å². The van der Waals surface area contributed by atoms with E-state index in [0.717, 1.165) is 43.2 Å². The molecular formula is C26H38N2O3. The molecule has 1 aliphatic heterocycles. The second-order valence-electron chi connectivity index (χ2n) is 9.18. The summed E-state index contributed by atoms with van der Waals surface area (Å²) < 4.78 is 17.5. The number of benzene rings is 2. The van der Waals surface area contributed by atoms with Crippen molar-refractivity contribution in [3.05, 3.63) is 52.6 Å². The highest BCUT2D eigenvalue weighted by Gasteiger charge is 2.28. The van der Waals surface area contributed by atoms with Crippen LogP contribution in [0.15, 0.2) is 30.3 Å². The molecule has 1 unspecified atom stereocenters. The van der Waals surface area contributed by atoms with E-state index < -0.39 is 0 Å². The van der Waals surface area contributed by atoms with Gasteiger partial charge in [-0.05, 0) is 73.3 Å². The molecule has 0 bridgehead atoms. The molecule has 3 rings (SSSR count). The number of methoxy groups -OCH3 is 2. The summed E-state index contributed by atoms with van der Waals surface area (Å²) in [4.78, 5) is 2.11. The van der Waals surface area contributed by atoms with Gasteiger partial charge in [-0.2, -0.15) is 0 Å². The van der Waals surface area contributed by atoms with Crippen LogP contribution in [0.5, 0.6) is 17.2 Å². The first-order valence-corrected chi connectivity index (χ1v) is 11.2. The number of hydrogen-bond acceptors (Lipinski definition) is 5. The summed E-state index contributed by atoms with van der Waals surface area (Å²) in [5.74, 6) is 2.50. The van der Waals surface area contributed by atoms with Crippen LogP contribution in [0.3, 0.4) is 0 Å². The minimum absolute atomic E-state index is 0.0495. The van der Waals surface area contributed by atoms with Gasteiger partial charge < -0.3 is 24.4 Å². The first-order valence-electron chi connectivity index (χ1n) is 11.2. The molecule has 1 aliphatic rings. The van der Waals surface area contributed by atoms with Crippen LogP contribution in [0.1, 0.15) is 55.5 Å². The molecule has 0 amide bonds. The zero-order chi connectivity index (χ0) is 22.6. The lowest BCUT2D eigenvalue weighted by atomic mass is 9.80. The topological polar surface area (TPSA) is 43.0 Å². The van der Waals surface area contributed by atoms with Crippen LogP contribution in [-0.4, -0.2) is 52.9 Å². The van der Waals surface area contributed by atoms with Gasteiger partial charge in [-0.3, -0.25) is 0 Å². The van der Waals surface area contributed by atoms with Crippen molar-refractivity contribution < 1.29 is 14.2 Å². The Morgan fingerprint density at radius 3 is 2.39 bits per heavy atom. The minimum atomic E-state index is 0.0495. The van der Waals surface area contributed by atoms with Gasteiger partial charge in [-0.25, -0.2) is 0 Å². The molecule has 0 aliphatic carbocycles. The van der Waals surface area contributed by atoms with Gasteiger partial charge in [-0.1, -0.05) is 26.8 Å². The first-order chi connectivity index (χ1) is 14.8.